The van der Waals surface area contributed by atoms with Crippen LogP contribution in [-0.4, -0.2) is 51.9 Å². The number of likely N-dealkylation sites (N-methyl/N-ethyl adjacent to an activating group) is 1. The number of hydrogen-bond donors (Lipinski definition) is 1. The van der Waals surface area contributed by atoms with Crippen LogP contribution in [0, 0.1) is 6.92 Å². The van der Waals surface area contributed by atoms with Crippen molar-refractivity contribution in [3.63, 3.8) is 0 Å². The van der Waals surface area contributed by atoms with Gasteiger partial charge in [0.15, 0.2) is 0 Å². The number of rotatable bonds is 2. The van der Waals surface area contributed by atoms with E-state index < -0.39 is 0 Å². The maximum Gasteiger partial charge on any atom is 0.137 e. The van der Waals surface area contributed by atoms with E-state index in [0.29, 0.717) is 17.1 Å². The number of anilines is 1. The highest BCUT2D eigenvalue weighted by Crippen LogP contribution is 2.26. The predicted octanol–water partition coefficient (Wildman–Crippen LogP) is 0.892. The van der Waals surface area contributed by atoms with Crippen molar-refractivity contribution >= 4 is 23.0 Å². The molecule has 2 N–H and O–H groups in total. The number of nitrogens with zero attached hydrogens (tertiary/aromatic N) is 4. The Kier molecular flexibility index (Phi) is 3.82. The number of aromatic nitrogens is 2. The van der Waals surface area contributed by atoms with Gasteiger partial charge < -0.3 is 10.6 Å². The molecular formula is C13H23N5S. The van der Waals surface area contributed by atoms with E-state index in [1.54, 1.807) is 0 Å². The Bertz CT molecular complexity index is 483. The van der Waals surface area contributed by atoms with Crippen molar-refractivity contribution in [2.45, 2.75) is 32.9 Å². The van der Waals surface area contributed by atoms with Crippen LogP contribution in [0.3, 0.4) is 0 Å². The monoisotopic (exact) mass is 281 g/mol. The summed E-state index contributed by atoms with van der Waals surface area (Å²) in [6.45, 7) is 8.38. The summed E-state index contributed by atoms with van der Waals surface area (Å²) in [4.78, 5) is 5.18. The van der Waals surface area contributed by atoms with Crippen LogP contribution in [0.2, 0.25) is 0 Å². The molecule has 106 valence electrons. The number of thiocarbonyl (C=S) groups is 1. The van der Waals surface area contributed by atoms with Gasteiger partial charge in [0.25, 0.3) is 0 Å². The third-order valence-corrected chi connectivity index (χ3v) is 4.30. The number of hydrogen-bond acceptors (Lipinski definition) is 4. The average Bonchev–Trinajstić information content (AvgIpc) is 2.60. The van der Waals surface area contributed by atoms with Crippen molar-refractivity contribution in [3.8, 4) is 0 Å². The summed E-state index contributed by atoms with van der Waals surface area (Å²) in [7, 11) is 4.13. The second-order valence-electron chi connectivity index (χ2n) is 5.54. The molecule has 0 aliphatic carbocycles. The normalized spacial score (nSPS) is 24.8. The Morgan fingerprint density at radius 3 is 2.26 bits per heavy atom. The van der Waals surface area contributed by atoms with Gasteiger partial charge in [-0.3, -0.25) is 9.58 Å². The maximum absolute atomic E-state index is 5.87. The summed E-state index contributed by atoms with van der Waals surface area (Å²) < 4.78 is 1.90. The first-order valence-corrected chi connectivity index (χ1v) is 7.04. The first-order valence-electron chi connectivity index (χ1n) is 6.63. The fraction of sp³-hybridized carbons (Fsp3) is 0.692. The van der Waals surface area contributed by atoms with Crippen molar-refractivity contribution < 1.29 is 0 Å². The van der Waals surface area contributed by atoms with Gasteiger partial charge in [-0.05, 0) is 27.8 Å². The van der Waals surface area contributed by atoms with Crippen LogP contribution in [0.25, 0.3) is 0 Å². The molecule has 0 aromatic carbocycles. The van der Waals surface area contributed by atoms with Gasteiger partial charge in [-0.2, -0.15) is 5.10 Å². The van der Waals surface area contributed by atoms with E-state index in [0.717, 1.165) is 30.2 Å². The van der Waals surface area contributed by atoms with Crippen LogP contribution in [0.15, 0.2) is 0 Å². The molecule has 1 aliphatic heterocycles. The van der Waals surface area contributed by atoms with Gasteiger partial charge >= 0.3 is 0 Å². The van der Waals surface area contributed by atoms with Crippen molar-refractivity contribution in [1.82, 2.24) is 14.7 Å². The summed E-state index contributed by atoms with van der Waals surface area (Å²) in [6.07, 6.45) is 0. The lowest BCUT2D eigenvalue weighted by Crippen LogP contribution is -2.55. The molecule has 2 atom stereocenters. The summed E-state index contributed by atoms with van der Waals surface area (Å²) in [5.41, 5.74) is 7.70. The van der Waals surface area contributed by atoms with Gasteiger partial charge in [-0.15, -0.1) is 0 Å². The van der Waals surface area contributed by atoms with Gasteiger partial charge in [-0.25, -0.2) is 0 Å². The second kappa shape index (κ2) is 5.09. The smallest absolute Gasteiger partial charge is 0.137 e. The van der Waals surface area contributed by atoms with Crippen molar-refractivity contribution in [2.24, 2.45) is 12.8 Å². The third-order valence-electron chi connectivity index (χ3n) is 4.10. The highest BCUT2D eigenvalue weighted by molar-refractivity contribution is 7.80. The molecule has 0 bridgehead atoms. The molecule has 6 heteroatoms. The van der Waals surface area contributed by atoms with E-state index in [1.807, 2.05) is 18.7 Å². The molecule has 2 heterocycles. The Morgan fingerprint density at radius 2 is 1.79 bits per heavy atom. The molecule has 0 saturated carbocycles. The summed E-state index contributed by atoms with van der Waals surface area (Å²) in [5, 5.41) is 4.47. The van der Waals surface area contributed by atoms with E-state index in [-0.39, 0.29) is 0 Å². The third kappa shape index (κ3) is 2.47. The van der Waals surface area contributed by atoms with Crippen LogP contribution < -0.4 is 10.6 Å². The first kappa shape index (κ1) is 14.3. The van der Waals surface area contributed by atoms with E-state index in [9.17, 15) is 0 Å². The molecule has 0 radical (unpaired) electrons. The fourth-order valence-electron chi connectivity index (χ4n) is 2.87. The lowest BCUT2D eigenvalue weighted by Gasteiger charge is -2.43. The van der Waals surface area contributed by atoms with E-state index in [2.05, 4.69) is 35.8 Å². The van der Waals surface area contributed by atoms with E-state index in [4.69, 9.17) is 18.0 Å². The van der Waals surface area contributed by atoms with Crippen LogP contribution in [0.5, 0.6) is 0 Å². The quantitative estimate of drug-likeness (QED) is 0.816. The number of nitrogens with two attached hydrogens (primary N) is 1. The SMILES string of the molecule is Cc1nn(C)c(N2CC(C)N(C)C(C)C2)c1C(N)=S. The Balaban J connectivity index is 2.40. The molecule has 2 unspecified atom stereocenters. The molecule has 0 spiro atoms. The zero-order valence-corrected chi connectivity index (χ0v) is 13.2. The van der Waals surface area contributed by atoms with Crippen LogP contribution >= 0.6 is 12.2 Å². The van der Waals surface area contributed by atoms with Crippen LogP contribution in [-0.2, 0) is 7.05 Å². The van der Waals surface area contributed by atoms with Gasteiger partial charge in [0.1, 0.15) is 10.8 Å². The Labute approximate surface area is 120 Å². The highest BCUT2D eigenvalue weighted by atomic mass is 32.1. The molecule has 0 amide bonds. The van der Waals surface area contributed by atoms with Crippen molar-refractivity contribution in [1.29, 1.82) is 0 Å². The molecule has 1 fully saturated rings. The predicted molar refractivity (Wildman–Crippen MR) is 82.7 cm³/mol. The summed E-state index contributed by atoms with van der Waals surface area (Å²) in [6, 6.07) is 0.997. The lowest BCUT2D eigenvalue weighted by molar-refractivity contribution is 0.169. The zero-order chi connectivity index (χ0) is 14.3. The van der Waals surface area contributed by atoms with Gasteiger partial charge in [0.2, 0.25) is 0 Å². The molecule has 19 heavy (non-hydrogen) atoms. The highest BCUT2D eigenvalue weighted by Gasteiger charge is 2.30. The molecule has 1 aromatic heterocycles. The number of aryl methyl sites for hydroxylation is 2. The minimum Gasteiger partial charge on any atom is -0.389 e. The summed E-state index contributed by atoms with van der Waals surface area (Å²) in [5.74, 6) is 1.05. The Hall–Kier alpha value is -1.14. The van der Waals surface area contributed by atoms with Gasteiger partial charge in [0.05, 0.1) is 11.3 Å². The van der Waals surface area contributed by atoms with Crippen LogP contribution in [0.1, 0.15) is 25.1 Å². The molecule has 2 rings (SSSR count). The largest absolute Gasteiger partial charge is 0.389 e. The topological polar surface area (TPSA) is 50.3 Å². The van der Waals surface area contributed by atoms with E-state index >= 15 is 0 Å². The lowest BCUT2D eigenvalue weighted by atomic mass is 10.1. The zero-order valence-electron chi connectivity index (χ0n) is 12.3. The fourth-order valence-corrected chi connectivity index (χ4v) is 3.11. The van der Waals surface area contributed by atoms with Crippen LogP contribution in [0.4, 0.5) is 5.82 Å². The molecule has 1 aliphatic rings. The molecular weight excluding hydrogens is 258 g/mol. The van der Waals surface area contributed by atoms with Crippen molar-refractivity contribution in [3.05, 3.63) is 11.3 Å². The first-order chi connectivity index (χ1) is 8.82. The maximum atomic E-state index is 5.87. The minimum absolute atomic E-state index is 0.430. The minimum atomic E-state index is 0.430. The van der Waals surface area contributed by atoms with E-state index in [1.165, 1.54) is 0 Å². The average molecular weight is 281 g/mol. The second-order valence-corrected chi connectivity index (χ2v) is 5.98. The van der Waals surface area contributed by atoms with Gasteiger partial charge in [0, 0.05) is 32.2 Å². The number of piperazine rings is 1. The molecule has 1 saturated heterocycles. The standard InChI is InChI=1S/C13H23N5S/c1-8-6-18(7-9(2)16(8)4)13-11(12(14)19)10(3)15-17(13)5/h8-9H,6-7H2,1-5H3,(H2,14,19). The Morgan fingerprint density at radius 1 is 1.26 bits per heavy atom. The van der Waals surface area contributed by atoms with Crippen molar-refractivity contribution in [2.75, 3.05) is 25.0 Å². The summed E-state index contributed by atoms with van der Waals surface area (Å²) >= 11 is 5.19. The molecule has 1 aromatic rings. The molecule has 5 nitrogen and oxygen atoms in total. The van der Waals surface area contributed by atoms with Gasteiger partial charge in [-0.1, -0.05) is 12.2 Å².